The Bertz CT molecular complexity index is 606. The summed E-state index contributed by atoms with van der Waals surface area (Å²) in [5, 5.41) is 21.2. The van der Waals surface area contributed by atoms with Crippen LogP contribution in [0.25, 0.3) is 5.65 Å². The fourth-order valence-corrected chi connectivity index (χ4v) is 1.07. The summed E-state index contributed by atoms with van der Waals surface area (Å²) in [6.07, 6.45) is 1.12. The van der Waals surface area contributed by atoms with Gasteiger partial charge in [-0.25, -0.2) is 0 Å². The number of nitrogens with zero attached hydrogens (tertiary/aromatic N) is 3. The molecule has 0 unspecified atom stereocenters. The van der Waals surface area contributed by atoms with E-state index in [1.165, 1.54) is 0 Å². The molecular formula is C7H3FN4O2. The molecule has 0 saturated carbocycles. The van der Waals surface area contributed by atoms with E-state index in [0.717, 1.165) is 10.7 Å². The van der Waals surface area contributed by atoms with Crippen LogP contribution >= 0.6 is 0 Å². The molecule has 0 aliphatic rings. The highest BCUT2D eigenvalue weighted by Crippen LogP contribution is 2.13. The molecule has 0 aliphatic carbocycles. The summed E-state index contributed by atoms with van der Waals surface area (Å²) >= 11 is 0. The molecule has 6 nitrogen and oxygen atoms in total. The summed E-state index contributed by atoms with van der Waals surface area (Å²) in [5.41, 5.74) is -1.07. The minimum absolute atomic E-state index is 0.0311. The Kier molecular flexibility index (Phi) is 1.51. The van der Waals surface area contributed by atoms with Gasteiger partial charge in [0.05, 0.1) is 6.20 Å². The zero-order valence-corrected chi connectivity index (χ0v) is 6.65. The van der Waals surface area contributed by atoms with Crippen molar-refractivity contribution in [2.75, 3.05) is 0 Å². The van der Waals surface area contributed by atoms with Crippen molar-refractivity contribution >= 4 is 5.65 Å². The van der Waals surface area contributed by atoms with Gasteiger partial charge < -0.3 is 10.1 Å². The van der Waals surface area contributed by atoms with Gasteiger partial charge in [-0.15, -0.1) is 0 Å². The van der Waals surface area contributed by atoms with Crippen molar-refractivity contribution in [2.45, 2.75) is 0 Å². The maximum absolute atomic E-state index is 12.8. The molecule has 0 bridgehead atoms. The van der Waals surface area contributed by atoms with Gasteiger partial charge in [0.25, 0.3) is 11.4 Å². The first-order chi connectivity index (χ1) is 6.65. The number of halogens is 1. The summed E-state index contributed by atoms with van der Waals surface area (Å²) < 4.78 is 13.6. The van der Waals surface area contributed by atoms with E-state index in [4.69, 9.17) is 10.4 Å². The number of H-pyrrole nitrogens is 1. The van der Waals surface area contributed by atoms with E-state index in [1.54, 1.807) is 6.07 Å². The lowest BCUT2D eigenvalue weighted by molar-refractivity contribution is 0.390. The Labute approximate surface area is 75.8 Å². The lowest BCUT2D eigenvalue weighted by Gasteiger charge is -1.97. The van der Waals surface area contributed by atoms with Gasteiger partial charge in [0.2, 0.25) is 5.82 Å². The molecule has 0 aromatic carbocycles. The van der Waals surface area contributed by atoms with E-state index in [2.05, 4.69) is 10.1 Å². The van der Waals surface area contributed by atoms with Crippen LogP contribution in [0.5, 0.6) is 5.88 Å². The number of fused-ring (bicyclic) bond motifs is 1. The maximum atomic E-state index is 12.8. The molecule has 0 saturated heterocycles. The first kappa shape index (κ1) is 8.25. The predicted octanol–water partition coefficient (Wildman–Crippen LogP) is -0.261. The Hall–Kier alpha value is -2.36. The van der Waals surface area contributed by atoms with Crippen molar-refractivity contribution in [2.24, 2.45) is 0 Å². The van der Waals surface area contributed by atoms with E-state index in [0.29, 0.717) is 0 Å². The summed E-state index contributed by atoms with van der Waals surface area (Å²) in [6, 6.07) is 1.74. The van der Waals surface area contributed by atoms with Gasteiger partial charge >= 0.3 is 0 Å². The SMILES string of the molecule is N#Cc1cnn2c(O)c(F)c(=O)[nH]c12. The fourth-order valence-electron chi connectivity index (χ4n) is 1.07. The zero-order chi connectivity index (χ0) is 10.3. The van der Waals surface area contributed by atoms with Crippen LogP contribution in [0.15, 0.2) is 11.0 Å². The molecular weight excluding hydrogens is 191 g/mol. The molecule has 2 aromatic heterocycles. The van der Waals surface area contributed by atoms with Crippen molar-refractivity contribution < 1.29 is 9.50 Å². The number of nitrogens with one attached hydrogen (secondary N) is 1. The molecule has 2 heterocycles. The molecule has 0 atom stereocenters. The first-order valence-corrected chi connectivity index (χ1v) is 3.53. The standard InChI is InChI=1S/C7H3FN4O2/c8-4-6(13)11-5-3(1-9)2-10-12(5)7(4)14/h2,14H,(H,11,13). The number of aromatic hydroxyl groups is 1. The van der Waals surface area contributed by atoms with Crippen LogP contribution in [0, 0.1) is 17.1 Å². The van der Waals surface area contributed by atoms with Crippen molar-refractivity contribution in [1.82, 2.24) is 14.6 Å². The normalized spacial score (nSPS) is 10.3. The average Bonchev–Trinajstić information content (AvgIpc) is 2.57. The number of aromatic amines is 1. The molecule has 14 heavy (non-hydrogen) atoms. The second-order valence-electron chi connectivity index (χ2n) is 2.52. The maximum Gasteiger partial charge on any atom is 0.291 e. The van der Waals surface area contributed by atoms with Crippen LogP contribution in [-0.2, 0) is 0 Å². The highest BCUT2D eigenvalue weighted by atomic mass is 19.1. The smallest absolute Gasteiger partial charge is 0.291 e. The highest BCUT2D eigenvalue weighted by molar-refractivity contribution is 5.54. The molecule has 0 spiro atoms. The van der Waals surface area contributed by atoms with Gasteiger partial charge in [0.15, 0.2) is 5.65 Å². The van der Waals surface area contributed by atoms with Gasteiger partial charge in [-0.3, -0.25) is 4.79 Å². The molecule has 2 aromatic rings. The molecule has 2 N–H and O–H groups in total. The van der Waals surface area contributed by atoms with Gasteiger partial charge in [0.1, 0.15) is 11.6 Å². The van der Waals surface area contributed by atoms with E-state index < -0.39 is 17.3 Å². The molecule has 2 rings (SSSR count). The second kappa shape index (κ2) is 2.56. The third-order valence-electron chi connectivity index (χ3n) is 1.72. The minimum atomic E-state index is -1.33. The second-order valence-corrected chi connectivity index (χ2v) is 2.52. The average molecular weight is 194 g/mol. The van der Waals surface area contributed by atoms with Crippen LogP contribution in [0.4, 0.5) is 4.39 Å². The summed E-state index contributed by atoms with van der Waals surface area (Å²) in [7, 11) is 0. The molecule has 0 aliphatic heterocycles. The third kappa shape index (κ3) is 0.877. The Morgan fingerprint density at radius 3 is 3.07 bits per heavy atom. The number of rotatable bonds is 0. The van der Waals surface area contributed by atoms with Crippen molar-refractivity contribution in [3.05, 3.63) is 27.9 Å². The fraction of sp³-hybridized carbons (Fsp3) is 0. The van der Waals surface area contributed by atoms with Crippen LogP contribution < -0.4 is 5.56 Å². The van der Waals surface area contributed by atoms with E-state index >= 15 is 0 Å². The van der Waals surface area contributed by atoms with Crippen molar-refractivity contribution in [1.29, 1.82) is 5.26 Å². The number of nitriles is 1. The lowest BCUT2D eigenvalue weighted by Crippen LogP contribution is -2.14. The number of hydrogen-bond donors (Lipinski definition) is 2. The molecule has 70 valence electrons. The van der Waals surface area contributed by atoms with Crippen LogP contribution in [0.1, 0.15) is 5.56 Å². The first-order valence-electron chi connectivity index (χ1n) is 3.53. The van der Waals surface area contributed by atoms with Crippen LogP contribution in [-0.4, -0.2) is 19.7 Å². The minimum Gasteiger partial charge on any atom is -0.491 e. The topological polar surface area (TPSA) is 94.2 Å². The lowest BCUT2D eigenvalue weighted by atomic mass is 10.4. The zero-order valence-electron chi connectivity index (χ0n) is 6.65. The summed E-state index contributed by atoms with van der Waals surface area (Å²) in [6.45, 7) is 0. The van der Waals surface area contributed by atoms with Crippen LogP contribution in [0.2, 0.25) is 0 Å². The molecule has 7 heteroatoms. The quantitative estimate of drug-likeness (QED) is 0.604. The molecule has 0 amide bonds. The van der Waals surface area contributed by atoms with Gasteiger partial charge in [0, 0.05) is 0 Å². The van der Waals surface area contributed by atoms with E-state index in [1.807, 2.05) is 0 Å². The van der Waals surface area contributed by atoms with Crippen molar-refractivity contribution in [3.8, 4) is 11.9 Å². The van der Waals surface area contributed by atoms with Gasteiger partial charge in [-0.2, -0.15) is 19.3 Å². The summed E-state index contributed by atoms with van der Waals surface area (Å²) in [5.74, 6) is -2.24. The summed E-state index contributed by atoms with van der Waals surface area (Å²) in [4.78, 5) is 13.0. The van der Waals surface area contributed by atoms with Crippen LogP contribution in [0.3, 0.4) is 0 Å². The van der Waals surface area contributed by atoms with E-state index in [-0.39, 0.29) is 11.2 Å². The van der Waals surface area contributed by atoms with Gasteiger partial charge in [-0.1, -0.05) is 0 Å². The van der Waals surface area contributed by atoms with Crippen molar-refractivity contribution in [3.63, 3.8) is 0 Å². The monoisotopic (exact) mass is 194 g/mol. The number of hydrogen-bond acceptors (Lipinski definition) is 4. The number of aromatic nitrogens is 3. The largest absolute Gasteiger partial charge is 0.491 e. The highest BCUT2D eigenvalue weighted by Gasteiger charge is 2.14. The predicted molar refractivity (Wildman–Crippen MR) is 42.2 cm³/mol. The molecule has 0 fully saturated rings. The Morgan fingerprint density at radius 1 is 1.71 bits per heavy atom. The molecule has 0 radical (unpaired) electrons. The third-order valence-corrected chi connectivity index (χ3v) is 1.72. The Balaban J connectivity index is 3.03. The Morgan fingerprint density at radius 2 is 2.43 bits per heavy atom. The van der Waals surface area contributed by atoms with Gasteiger partial charge in [-0.05, 0) is 0 Å². The van der Waals surface area contributed by atoms with E-state index in [9.17, 15) is 9.18 Å².